The molecule has 0 fully saturated rings. The van der Waals surface area contributed by atoms with Gasteiger partial charge in [-0.25, -0.2) is 12.8 Å². The second-order valence-corrected chi connectivity index (χ2v) is 10.9. The van der Waals surface area contributed by atoms with Crippen molar-refractivity contribution in [3.05, 3.63) is 78.1 Å². The topological polar surface area (TPSA) is 86.8 Å². The van der Waals surface area contributed by atoms with E-state index in [1.807, 2.05) is 38.1 Å². The highest BCUT2D eigenvalue weighted by Gasteiger charge is 2.31. The lowest BCUT2D eigenvalue weighted by Gasteiger charge is -2.31. The van der Waals surface area contributed by atoms with Crippen molar-refractivity contribution < 1.29 is 22.4 Å². The molecule has 0 heterocycles. The molecule has 9 heteroatoms. The summed E-state index contributed by atoms with van der Waals surface area (Å²) in [6.07, 6.45) is 0.701. The maximum absolute atomic E-state index is 14.4. The van der Waals surface area contributed by atoms with E-state index in [0.29, 0.717) is 6.42 Å². The van der Waals surface area contributed by atoms with Crippen LogP contribution in [0, 0.1) is 5.82 Å². The molecule has 0 saturated heterocycles. The Hall–Kier alpha value is -3.30. The lowest BCUT2D eigenvalue weighted by Crippen LogP contribution is -2.52. The minimum absolute atomic E-state index is 0.0553. The number of nitrogens with zero attached hydrogens (tertiary/aromatic N) is 2. The Bertz CT molecular complexity index is 1350. The quantitative estimate of drug-likeness (QED) is 0.445. The number of carbonyl (C=O) groups is 2. The van der Waals surface area contributed by atoms with E-state index < -0.39 is 40.2 Å². The van der Waals surface area contributed by atoms with E-state index in [4.69, 9.17) is 0 Å². The van der Waals surface area contributed by atoms with Crippen LogP contribution in [-0.2, 0) is 26.2 Å². The fraction of sp³-hybridized carbons (Fsp3) is 0.333. The monoisotopic (exact) mass is 513 g/mol. The van der Waals surface area contributed by atoms with Crippen LogP contribution in [0.1, 0.15) is 32.8 Å². The molecule has 3 aromatic carbocycles. The van der Waals surface area contributed by atoms with Crippen molar-refractivity contribution in [1.29, 1.82) is 0 Å². The molecule has 192 valence electrons. The van der Waals surface area contributed by atoms with Crippen molar-refractivity contribution in [3.8, 4) is 0 Å². The largest absolute Gasteiger partial charge is 0.352 e. The van der Waals surface area contributed by atoms with Gasteiger partial charge in [0.25, 0.3) is 0 Å². The lowest BCUT2D eigenvalue weighted by atomic mass is 10.1. The highest BCUT2D eigenvalue weighted by molar-refractivity contribution is 7.89. The lowest BCUT2D eigenvalue weighted by molar-refractivity contribution is -0.140. The minimum Gasteiger partial charge on any atom is -0.352 e. The van der Waals surface area contributed by atoms with Crippen molar-refractivity contribution in [2.75, 3.05) is 13.6 Å². The molecule has 3 aromatic rings. The maximum Gasteiger partial charge on any atom is 0.243 e. The predicted molar refractivity (Wildman–Crippen MR) is 138 cm³/mol. The summed E-state index contributed by atoms with van der Waals surface area (Å²) >= 11 is 0. The zero-order valence-corrected chi connectivity index (χ0v) is 21.8. The average molecular weight is 514 g/mol. The van der Waals surface area contributed by atoms with Crippen LogP contribution in [-0.4, -0.2) is 55.1 Å². The number of carbonyl (C=O) groups excluding carboxylic acids is 2. The van der Waals surface area contributed by atoms with Gasteiger partial charge in [-0.2, -0.15) is 4.31 Å². The molecule has 0 aliphatic heterocycles. The summed E-state index contributed by atoms with van der Waals surface area (Å²) in [6.45, 7) is 4.63. The van der Waals surface area contributed by atoms with E-state index in [1.54, 1.807) is 25.1 Å². The first-order chi connectivity index (χ1) is 17.0. The molecule has 0 bridgehead atoms. The Balaban J connectivity index is 1.86. The molecule has 2 amide bonds. The number of likely N-dealkylation sites (N-methyl/N-ethyl adjacent to an activating group) is 1. The zero-order chi connectivity index (χ0) is 26.5. The molecule has 2 atom stereocenters. The van der Waals surface area contributed by atoms with Crippen LogP contribution in [0.25, 0.3) is 10.8 Å². The van der Waals surface area contributed by atoms with E-state index >= 15 is 0 Å². The third-order valence-electron chi connectivity index (χ3n) is 6.25. The number of halogens is 1. The van der Waals surface area contributed by atoms with Crippen LogP contribution in [0.4, 0.5) is 4.39 Å². The van der Waals surface area contributed by atoms with Crippen molar-refractivity contribution in [2.24, 2.45) is 0 Å². The standard InChI is InChI=1S/C27H32FN3O4S/c1-5-19(2)29-27(33)20(3)31(17-23-12-8-9-13-25(23)28)26(32)18-30(4)36(34,35)24-15-14-21-10-6-7-11-22(21)16-24/h6-16,19-20H,5,17-18H2,1-4H3,(H,29,33)/t19-,20+/m1/s1. The molecule has 7 nitrogen and oxygen atoms in total. The first kappa shape index (κ1) is 27.3. The third kappa shape index (κ3) is 6.27. The molecule has 0 aliphatic rings. The van der Waals surface area contributed by atoms with Crippen LogP contribution in [0.5, 0.6) is 0 Å². The normalized spacial score (nSPS) is 13.4. The first-order valence-corrected chi connectivity index (χ1v) is 13.3. The number of benzene rings is 3. The first-order valence-electron chi connectivity index (χ1n) is 11.8. The van der Waals surface area contributed by atoms with Crippen molar-refractivity contribution in [3.63, 3.8) is 0 Å². The molecular weight excluding hydrogens is 481 g/mol. The highest BCUT2D eigenvalue weighted by atomic mass is 32.2. The van der Waals surface area contributed by atoms with Gasteiger partial charge in [0.2, 0.25) is 21.8 Å². The maximum atomic E-state index is 14.4. The van der Waals surface area contributed by atoms with Crippen molar-refractivity contribution in [1.82, 2.24) is 14.5 Å². The smallest absolute Gasteiger partial charge is 0.243 e. The van der Waals surface area contributed by atoms with Crippen molar-refractivity contribution >= 4 is 32.6 Å². The van der Waals surface area contributed by atoms with E-state index in [1.165, 1.54) is 36.2 Å². The van der Waals surface area contributed by atoms with E-state index in [-0.39, 0.29) is 23.0 Å². The molecule has 0 spiro atoms. The second-order valence-electron chi connectivity index (χ2n) is 8.88. The minimum atomic E-state index is -4.00. The van der Waals surface area contributed by atoms with Gasteiger partial charge >= 0.3 is 0 Å². The predicted octanol–water partition coefficient (Wildman–Crippen LogP) is 3.93. The summed E-state index contributed by atoms with van der Waals surface area (Å²) in [7, 11) is -2.68. The Morgan fingerprint density at radius 2 is 1.61 bits per heavy atom. The molecular formula is C27H32FN3O4S. The van der Waals surface area contributed by atoms with E-state index in [2.05, 4.69) is 5.32 Å². The van der Waals surface area contributed by atoms with Gasteiger partial charge in [-0.1, -0.05) is 55.5 Å². The van der Waals surface area contributed by atoms with Gasteiger partial charge in [-0.3, -0.25) is 9.59 Å². The summed E-state index contributed by atoms with van der Waals surface area (Å²) in [5, 5.41) is 4.49. The van der Waals surface area contributed by atoms with Crippen LogP contribution >= 0.6 is 0 Å². The third-order valence-corrected chi connectivity index (χ3v) is 8.05. The van der Waals surface area contributed by atoms with Gasteiger partial charge in [-0.15, -0.1) is 0 Å². The number of sulfonamides is 1. The van der Waals surface area contributed by atoms with Crippen LogP contribution < -0.4 is 5.32 Å². The Labute approximate surface area is 212 Å². The van der Waals surface area contributed by atoms with Crippen LogP contribution in [0.3, 0.4) is 0 Å². The fourth-order valence-corrected chi connectivity index (χ4v) is 4.89. The number of nitrogens with one attached hydrogen (secondary N) is 1. The van der Waals surface area contributed by atoms with Gasteiger partial charge in [0, 0.05) is 25.2 Å². The molecule has 3 rings (SSSR count). The molecule has 0 radical (unpaired) electrons. The summed E-state index contributed by atoms with van der Waals surface area (Å²) in [5.74, 6) is -1.52. The zero-order valence-electron chi connectivity index (χ0n) is 20.9. The fourth-order valence-electron chi connectivity index (χ4n) is 3.73. The van der Waals surface area contributed by atoms with Gasteiger partial charge in [0.15, 0.2) is 0 Å². The average Bonchev–Trinajstić information content (AvgIpc) is 2.87. The SMILES string of the molecule is CC[C@@H](C)NC(=O)[C@H](C)N(Cc1ccccc1F)C(=O)CN(C)S(=O)(=O)c1ccc2ccccc2c1. The van der Waals surface area contributed by atoms with Gasteiger partial charge in [0.1, 0.15) is 11.9 Å². The summed E-state index contributed by atoms with van der Waals surface area (Å²) in [4.78, 5) is 27.5. The number of hydrogen-bond acceptors (Lipinski definition) is 4. The highest BCUT2D eigenvalue weighted by Crippen LogP contribution is 2.22. The number of hydrogen-bond donors (Lipinski definition) is 1. The molecule has 0 saturated carbocycles. The summed E-state index contributed by atoms with van der Waals surface area (Å²) < 4.78 is 41.9. The molecule has 0 unspecified atom stereocenters. The Kier molecular flexibility index (Phi) is 8.81. The molecule has 0 aliphatic carbocycles. The Morgan fingerprint density at radius 3 is 2.28 bits per heavy atom. The summed E-state index contributed by atoms with van der Waals surface area (Å²) in [6, 6.07) is 17.1. The van der Waals surface area contributed by atoms with Gasteiger partial charge in [-0.05, 0) is 49.2 Å². The van der Waals surface area contributed by atoms with E-state index in [0.717, 1.165) is 15.1 Å². The van der Waals surface area contributed by atoms with Gasteiger partial charge < -0.3 is 10.2 Å². The molecule has 36 heavy (non-hydrogen) atoms. The Morgan fingerprint density at radius 1 is 0.972 bits per heavy atom. The molecule has 1 N–H and O–H groups in total. The number of rotatable bonds is 10. The number of amides is 2. The van der Waals surface area contributed by atoms with Crippen LogP contribution in [0.15, 0.2) is 71.6 Å². The second kappa shape index (κ2) is 11.6. The molecule has 0 aromatic heterocycles. The summed E-state index contributed by atoms with van der Waals surface area (Å²) in [5.41, 5.74) is 0.231. The van der Waals surface area contributed by atoms with E-state index in [9.17, 15) is 22.4 Å². The van der Waals surface area contributed by atoms with Crippen molar-refractivity contribution in [2.45, 2.75) is 50.7 Å². The number of fused-ring (bicyclic) bond motifs is 1. The van der Waals surface area contributed by atoms with Gasteiger partial charge in [0.05, 0.1) is 11.4 Å². The van der Waals surface area contributed by atoms with Crippen LogP contribution in [0.2, 0.25) is 0 Å².